The number of aryl methyl sites for hydroxylation is 2. The summed E-state index contributed by atoms with van der Waals surface area (Å²) < 4.78 is 1.62. The van der Waals surface area contributed by atoms with E-state index in [4.69, 9.17) is 0 Å². The number of para-hydroxylation sites is 2. The SMILES string of the molecule is CCN1CCN(C(=O)c2nc3nc(C)cc(C)n3n2)c2ccccc21. The molecule has 25 heavy (non-hydrogen) atoms. The largest absolute Gasteiger partial charge is 0.368 e. The summed E-state index contributed by atoms with van der Waals surface area (Å²) in [6.45, 7) is 8.28. The zero-order chi connectivity index (χ0) is 17.6. The van der Waals surface area contributed by atoms with Crippen molar-refractivity contribution < 1.29 is 4.79 Å². The summed E-state index contributed by atoms with van der Waals surface area (Å²) in [5.74, 6) is 0.452. The molecule has 0 unspecified atom stereocenters. The van der Waals surface area contributed by atoms with Crippen molar-refractivity contribution in [2.24, 2.45) is 0 Å². The zero-order valence-corrected chi connectivity index (χ0v) is 14.6. The molecule has 3 heterocycles. The van der Waals surface area contributed by atoms with Crippen molar-refractivity contribution in [1.29, 1.82) is 0 Å². The van der Waals surface area contributed by atoms with E-state index >= 15 is 0 Å². The van der Waals surface area contributed by atoms with Gasteiger partial charge in [0.15, 0.2) is 0 Å². The fourth-order valence-electron chi connectivity index (χ4n) is 3.34. The number of carbonyl (C=O) groups excluding carboxylic acids is 1. The van der Waals surface area contributed by atoms with Crippen LogP contribution in [-0.2, 0) is 0 Å². The molecule has 0 fully saturated rings. The Morgan fingerprint density at radius 1 is 1.12 bits per heavy atom. The van der Waals surface area contributed by atoms with Crippen LogP contribution >= 0.6 is 0 Å². The number of anilines is 2. The Morgan fingerprint density at radius 3 is 2.64 bits per heavy atom. The number of fused-ring (bicyclic) bond motifs is 2. The first-order chi connectivity index (χ1) is 12.1. The van der Waals surface area contributed by atoms with Crippen molar-refractivity contribution in [3.8, 4) is 0 Å². The highest BCUT2D eigenvalue weighted by molar-refractivity contribution is 6.06. The van der Waals surface area contributed by atoms with Crippen LogP contribution in [0.1, 0.15) is 28.9 Å². The van der Waals surface area contributed by atoms with Gasteiger partial charge in [-0.25, -0.2) is 9.50 Å². The molecular formula is C18H20N6O. The lowest BCUT2D eigenvalue weighted by molar-refractivity contribution is 0.0977. The number of carbonyl (C=O) groups is 1. The maximum atomic E-state index is 13.1. The molecule has 2 aromatic heterocycles. The third kappa shape index (κ3) is 2.52. The van der Waals surface area contributed by atoms with Gasteiger partial charge in [0.1, 0.15) is 0 Å². The van der Waals surface area contributed by atoms with Crippen LogP contribution in [0.25, 0.3) is 5.78 Å². The maximum Gasteiger partial charge on any atom is 0.298 e. The Hall–Kier alpha value is -2.96. The summed E-state index contributed by atoms with van der Waals surface area (Å²) in [6.07, 6.45) is 0. The topological polar surface area (TPSA) is 66.6 Å². The molecule has 0 radical (unpaired) electrons. The first-order valence-corrected chi connectivity index (χ1v) is 8.45. The summed E-state index contributed by atoms with van der Waals surface area (Å²) >= 11 is 0. The zero-order valence-electron chi connectivity index (χ0n) is 14.6. The predicted molar refractivity (Wildman–Crippen MR) is 96.3 cm³/mol. The maximum absolute atomic E-state index is 13.1. The van der Waals surface area contributed by atoms with Crippen molar-refractivity contribution in [2.75, 3.05) is 29.4 Å². The molecule has 0 aliphatic carbocycles. The fourth-order valence-corrected chi connectivity index (χ4v) is 3.34. The van der Waals surface area contributed by atoms with Crippen LogP contribution in [0.4, 0.5) is 11.4 Å². The summed E-state index contributed by atoms with van der Waals surface area (Å²) in [5.41, 5.74) is 3.74. The first-order valence-electron chi connectivity index (χ1n) is 8.45. The second kappa shape index (κ2) is 5.84. The van der Waals surface area contributed by atoms with Gasteiger partial charge in [-0.3, -0.25) is 4.79 Å². The normalized spacial score (nSPS) is 14.0. The predicted octanol–water partition coefficient (Wildman–Crippen LogP) is 2.23. The molecule has 0 saturated carbocycles. The van der Waals surface area contributed by atoms with Gasteiger partial charge in [-0.2, -0.15) is 4.98 Å². The fraction of sp³-hybridized carbons (Fsp3) is 0.333. The number of amides is 1. The molecule has 0 atom stereocenters. The van der Waals surface area contributed by atoms with Crippen LogP contribution in [0.5, 0.6) is 0 Å². The molecule has 7 heteroatoms. The molecule has 1 aromatic carbocycles. The Morgan fingerprint density at radius 2 is 1.88 bits per heavy atom. The summed E-state index contributed by atoms with van der Waals surface area (Å²) in [7, 11) is 0. The molecular weight excluding hydrogens is 316 g/mol. The van der Waals surface area contributed by atoms with E-state index in [9.17, 15) is 4.79 Å². The van der Waals surface area contributed by atoms with Gasteiger partial charge in [-0.05, 0) is 39.0 Å². The van der Waals surface area contributed by atoms with Crippen LogP contribution in [0.15, 0.2) is 30.3 Å². The monoisotopic (exact) mass is 336 g/mol. The molecule has 128 valence electrons. The van der Waals surface area contributed by atoms with Gasteiger partial charge in [-0.15, -0.1) is 5.10 Å². The molecule has 1 aliphatic heterocycles. The highest BCUT2D eigenvalue weighted by atomic mass is 16.2. The second-order valence-electron chi connectivity index (χ2n) is 6.21. The molecule has 0 saturated heterocycles. The average Bonchev–Trinajstić information content (AvgIpc) is 3.04. The number of benzene rings is 1. The van der Waals surface area contributed by atoms with Gasteiger partial charge in [0.25, 0.3) is 11.7 Å². The molecule has 4 rings (SSSR count). The number of aromatic nitrogens is 4. The van der Waals surface area contributed by atoms with Gasteiger partial charge < -0.3 is 9.80 Å². The Labute approximate surface area is 145 Å². The molecule has 0 N–H and O–H groups in total. The van der Waals surface area contributed by atoms with Gasteiger partial charge in [0.05, 0.1) is 11.4 Å². The number of rotatable bonds is 2. The third-order valence-electron chi connectivity index (χ3n) is 4.54. The second-order valence-corrected chi connectivity index (χ2v) is 6.21. The molecule has 7 nitrogen and oxygen atoms in total. The van der Waals surface area contributed by atoms with E-state index in [1.54, 1.807) is 9.42 Å². The number of hydrogen-bond acceptors (Lipinski definition) is 5. The van der Waals surface area contributed by atoms with Gasteiger partial charge in [0, 0.05) is 31.0 Å². The minimum atomic E-state index is -0.189. The molecule has 3 aromatic rings. The highest BCUT2D eigenvalue weighted by Gasteiger charge is 2.29. The Bertz CT molecular complexity index is 963. The quantitative estimate of drug-likeness (QED) is 0.718. The summed E-state index contributed by atoms with van der Waals surface area (Å²) in [4.78, 5) is 25.8. The molecule has 1 amide bonds. The van der Waals surface area contributed by atoms with Crippen molar-refractivity contribution in [1.82, 2.24) is 19.6 Å². The van der Waals surface area contributed by atoms with Crippen LogP contribution < -0.4 is 9.80 Å². The molecule has 1 aliphatic rings. The van der Waals surface area contributed by atoms with Crippen molar-refractivity contribution in [2.45, 2.75) is 20.8 Å². The van der Waals surface area contributed by atoms with E-state index in [0.29, 0.717) is 12.3 Å². The van der Waals surface area contributed by atoms with Gasteiger partial charge in [0.2, 0.25) is 5.82 Å². The Balaban J connectivity index is 1.75. The lowest BCUT2D eigenvalue weighted by Gasteiger charge is -2.36. The van der Waals surface area contributed by atoms with E-state index in [-0.39, 0.29) is 11.7 Å². The van der Waals surface area contributed by atoms with E-state index < -0.39 is 0 Å². The average molecular weight is 336 g/mol. The van der Waals surface area contributed by atoms with Crippen LogP contribution in [0.3, 0.4) is 0 Å². The van der Waals surface area contributed by atoms with Gasteiger partial charge in [-0.1, -0.05) is 12.1 Å². The van der Waals surface area contributed by atoms with Crippen LogP contribution in [0, 0.1) is 13.8 Å². The molecule has 0 bridgehead atoms. The number of nitrogens with zero attached hydrogens (tertiary/aromatic N) is 6. The Kier molecular flexibility index (Phi) is 3.63. The van der Waals surface area contributed by atoms with E-state index in [2.05, 4.69) is 26.9 Å². The lowest BCUT2D eigenvalue weighted by atomic mass is 10.1. The van der Waals surface area contributed by atoms with Crippen molar-refractivity contribution in [3.05, 3.63) is 47.5 Å². The van der Waals surface area contributed by atoms with Crippen LogP contribution in [0.2, 0.25) is 0 Å². The smallest absolute Gasteiger partial charge is 0.298 e. The van der Waals surface area contributed by atoms with E-state index in [1.165, 1.54) is 0 Å². The number of hydrogen-bond donors (Lipinski definition) is 0. The number of likely N-dealkylation sites (N-methyl/N-ethyl adjacent to an activating group) is 1. The summed E-state index contributed by atoms with van der Waals surface area (Å²) in [5, 5.41) is 4.38. The summed E-state index contributed by atoms with van der Waals surface area (Å²) in [6, 6.07) is 9.88. The standard InChI is InChI=1S/C18H20N6O/c1-4-22-9-10-23(15-8-6-5-7-14(15)22)17(25)16-20-18-19-12(2)11-13(3)24(18)21-16/h5-8,11H,4,9-10H2,1-3H3. The van der Waals surface area contributed by atoms with Crippen LogP contribution in [-0.4, -0.2) is 45.1 Å². The van der Waals surface area contributed by atoms with E-state index in [1.807, 2.05) is 44.2 Å². The van der Waals surface area contributed by atoms with Crippen molar-refractivity contribution >= 4 is 23.1 Å². The first kappa shape index (κ1) is 15.6. The van der Waals surface area contributed by atoms with Gasteiger partial charge >= 0.3 is 0 Å². The highest BCUT2D eigenvalue weighted by Crippen LogP contribution is 2.33. The lowest BCUT2D eigenvalue weighted by Crippen LogP contribution is -2.44. The van der Waals surface area contributed by atoms with Crippen molar-refractivity contribution in [3.63, 3.8) is 0 Å². The third-order valence-corrected chi connectivity index (χ3v) is 4.54. The minimum Gasteiger partial charge on any atom is -0.368 e. The molecule has 0 spiro atoms. The van der Waals surface area contributed by atoms with E-state index in [0.717, 1.165) is 35.9 Å². The minimum absolute atomic E-state index is 0.181.